The van der Waals surface area contributed by atoms with Crippen molar-refractivity contribution >= 4 is 11.8 Å². The molecule has 0 rings (SSSR count). The van der Waals surface area contributed by atoms with Crippen molar-refractivity contribution in [2.75, 3.05) is 0 Å². The van der Waals surface area contributed by atoms with E-state index in [4.69, 9.17) is 10.2 Å². The Kier molecular flexibility index (Phi) is 8.81. The highest BCUT2D eigenvalue weighted by atomic mass is 16.4. The molecule has 0 aromatic heterocycles. The van der Waals surface area contributed by atoms with Crippen molar-refractivity contribution in [3.05, 3.63) is 0 Å². The maximum Gasteiger partial charge on any atom is 0.310 e. The molecule has 0 saturated heterocycles. The van der Waals surface area contributed by atoms with Gasteiger partial charge < -0.3 is 10.2 Å². The van der Waals surface area contributed by atoms with Crippen LogP contribution in [0.3, 0.4) is 0 Å². The first-order valence-corrected chi connectivity index (χ1v) is 5.94. The zero-order valence-electron chi connectivity index (χ0n) is 9.95. The van der Waals surface area contributed by atoms with Gasteiger partial charge in [-0.2, -0.15) is 0 Å². The Balaban J connectivity index is 3.21. The van der Waals surface area contributed by atoms with Gasteiger partial charge in [-0.25, -0.2) is 0 Å². The number of carbonyl (C=O) groups excluding carboxylic acids is 1. The molecule has 0 fully saturated rings. The van der Waals surface area contributed by atoms with Crippen LogP contribution in [0.2, 0.25) is 0 Å². The molecule has 0 saturated carbocycles. The summed E-state index contributed by atoms with van der Waals surface area (Å²) >= 11 is 0. The first-order valence-electron chi connectivity index (χ1n) is 5.94. The lowest BCUT2D eigenvalue weighted by Crippen LogP contribution is -2.06. The number of hydrogen-bond donors (Lipinski definition) is 2. The molecule has 4 nitrogen and oxygen atoms in total. The van der Waals surface area contributed by atoms with E-state index < -0.39 is 5.97 Å². The molecule has 0 amide bonds. The highest BCUT2D eigenvalue weighted by molar-refractivity contribution is 5.94. The standard InChI is InChI=1S/C12H22O4/c1-10(13)7-5-3-2-4-6-8-11(14)9-12(15)16/h10,13H,2-9H2,1H3,(H,15,16). The fourth-order valence-electron chi connectivity index (χ4n) is 1.55. The molecule has 2 N–H and O–H groups in total. The van der Waals surface area contributed by atoms with Crippen LogP contribution < -0.4 is 0 Å². The zero-order valence-corrected chi connectivity index (χ0v) is 9.95. The van der Waals surface area contributed by atoms with Crippen LogP contribution in [0.25, 0.3) is 0 Å². The molecule has 0 aromatic carbocycles. The quantitative estimate of drug-likeness (QED) is 0.445. The van der Waals surface area contributed by atoms with E-state index in [1.54, 1.807) is 6.92 Å². The number of Topliss-reactive ketones (excluding diaryl/α,β-unsaturated/α-hetero) is 1. The molecule has 1 atom stereocenters. The number of aliphatic carboxylic acids is 1. The molecular formula is C12H22O4. The van der Waals surface area contributed by atoms with E-state index in [9.17, 15) is 9.59 Å². The Morgan fingerprint density at radius 3 is 2.19 bits per heavy atom. The number of hydrogen-bond acceptors (Lipinski definition) is 3. The van der Waals surface area contributed by atoms with Gasteiger partial charge in [-0.3, -0.25) is 9.59 Å². The first-order chi connectivity index (χ1) is 7.52. The molecule has 0 aliphatic carbocycles. The second kappa shape index (κ2) is 9.33. The lowest BCUT2D eigenvalue weighted by Gasteiger charge is -2.03. The van der Waals surface area contributed by atoms with Gasteiger partial charge >= 0.3 is 5.97 Å². The van der Waals surface area contributed by atoms with Crippen molar-refractivity contribution in [3.8, 4) is 0 Å². The van der Waals surface area contributed by atoms with E-state index in [1.165, 1.54) is 0 Å². The lowest BCUT2D eigenvalue weighted by atomic mass is 10.1. The summed E-state index contributed by atoms with van der Waals surface area (Å²) in [4.78, 5) is 21.2. The van der Waals surface area contributed by atoms with Gasteiger partial charge in [-0.15, -0.1) is 0 Å². The number of rotatable bonds is 10. The average molecular weight is 230 g/mol. The van der Waals surface area contributed by atoms with E-state index in [0.29, 0.717) is 6.42 Å². The van der Waals surface area contributed by atoms with E-state index in [0.717, 1.165) is 38.5 Å². The molecule has 16 heavy (non-hydrogen) atoms. The number of carboxylic acid groups (broad SMARTS) is 1. The van der Waals surface area contributed by atoms with Crippen molar-refractivity contribution in [1.82, 2.24) is 0 Å². The van der Waals surface area contributed by atoms with E-state index in [1.807, 2.05) is 0 Å². The van der Waals surface area contributed by atoms with Crippen LogP contribution in [-0.2, 0) is 9.59 Å². The summed E-state index contributed by atoms with van der Waals surface area (Å²) in [6, 6.07) is 0. The fourth-order valence-corrected chi connectivity index (χ4v) is 1.55. The van der Waals surface area contributed by atoms with Gasteiger partial charge in [-0.1, -0.05) is 25.7 Å². The Morgan fingerprint density at radius 1 is 1.06 bits per heavy atom. The number of aliphatic hydroxyl groups is 1. The number of ketones is 1. The normalized spacial score (nSPS) is 12.4. The summed E-state index contributed by atoms with van der Waals surface area (Å²) in [6.45, 7) is 1.78. The minimum atomic E-state index is -1.04. The predicted octanol–water partition coefficient (Wildman–Crippen LogP) is 2.14. The molecule has 0 bridgehead atoms. The lowest BCUT2D eigenvalue weighted by molar-refractivity contribution is -0.140. The van der Waals surface area contributed by atoms with Crippen LogP contribution in [-0.4, -0.2) is 28.1 Å². The van der Waals surface area contributed by atoms with Crippen LogP contribution in [0.5, 0.6) is 0 Å². The van der Waals surface area contributed by atoms with E-state index in [-0.39, 0.29) is 18.3 Å². The summed E-state index contributed by atoms with van der Waals surface area (Å²) in [6.07, 6.45) is 5.51. The highest BCUT2D eigenvalue weighted by Gasteiger charge is 2.06. The summed E-state index contributed by atoms with van der Waals surface area (Å²) in [5, 5.41) is 17.4. The Labute approximate surface area is 96.7 Å². The first kappa shape index (κ1) is 15.1. The molecule has 1 unspecified atom stereocenters. The molecule has 0 aromatic rings. The molecule has 0 aliphatic heterocycles. The monoisotopic (exact) mass is 230 g/mol. The summed E-state index contributed by atoms with van der Waals surface area (Å²) < 4.78 is 0. The Bertz CT molecular complexity index is 211. The third-order valence-electron chi connectivity index (χ3n) is 2.43. The van der Waals surface area contributed by atoms with Gasteiger partial charge in [0.15, 0.2) is 0 Å². The van der Waals surface area contributed by atoms with Crippen LogP contribution in [0.15, 0.2) is 0 Å². The fraction of sp³-hybridized carbons (Fsp3) is 0.833. The largest absolute Gasteiger partial charge is 0.481 e. The van der Waals surface area contributed by atoms with Crippen molar-refractivity contribution in [2.45, 2.75) is 64.4 Å². The Morgan fingerprint density at radius 2 is 1.62 bits per heavy atom. The predicted molar refractivity (Wildman–Crippen MR) is 61.3 cm³/mol. The molecule has 94 valence electrons. The number of carboxylic acids is 1. The average Bonchev–Trinajstić information content (AvgIpc) is 2.14. The van der Waals surface area contributed by atoms with Crippen molar-refractivity contribution in [2.24, 2.45) is 0 Å². The van der Waals surface area contributed by atoms with Crippen molar-refractivity contribution < 1.29 is 19.8 Å². The number of unbranched alkanes of at least 4 members (excludes halogenated alkanes) is 4. The molecular weight excluding hydrogens is 208 g/mol. The minimum Gasteiger partial charge on any atom is -0.481 e. The topological polar surface area (TPSA) is 74.6 Å². The smallest absolute Gasteiger partial charge is 0.310 e. The summed E-state index contributed by atoms with van der Waals surface area (Å²) in [5.74, 6) is -1.22. The third kappa shape index (κ3) is 11.2. The molecule has 0 aliphatic rings. The summed E-state index contributed by atoms with van der Waals surface area (Å²) in [7, 11) is 0. The van der Waals surface area contributed by atoms with Crippen LogP contribution in [0.4, 0.5) is 0 Å². The summed E-state index contributed by atoms with van der Waals surface area (Å²) in [5.41, 5.74) is 0. The van der Waals surface area contributed by atoms with Crippen LogP contribution in [0.1, 0.15) is 58.3 Å². The van der Waals surface area contributed by atoms with Crippen molar-refractivity contribution in [1.29, 1.82) is 0 Å². The van der Waals surface area contributed by atoms with Gasteiger partial charge in [0.1, 0.15) is 12.2 Å². The van der Waals surface area contributed by atoms with Gasteiger partial charge in [-0.05, 0) is 19.8 Å². The highest BCUT2D eigenvalue weighted by Crippen LogP contribution is 2.09. The maximum absolute atomic E-state index is 11.0. The van der Waals surface area contributed by atoms with E-state index in [2.05, 4.69) is 0 Å². The molecule has 4 heteroatoms. The second-order valence-electron chi connectivity index (χ2n) is 4.26. The van der Waals surface area contributed by atoms with Crippen LogP contribution in [0, 0.1) is 0 Å². The minimum absolute atomic E-state index is 0.184. The third-order valence-corrected chi connectivity index (χ3v) is 2.43. The molecule has 0 radical (unpaired) electrons. The second-order valence-corrected chi connectivity index (χ2v) is 4.26. The molecule has 0 spiro atoms. The number of carbonyl (C=O) groups is 2. The van der Waals surface area contributed by atoms with Crippen molar-refractivity contribution in [3.63, 3.8) is 0 Å². The number of aliphatic hydroxyl groups excluding tert-OH is 1. The van der Waals surface area contributed by atoms with Gasteiger partial charge in [0.25, 0.3) is 0 Å². The maximum atomic E-state index is 11.0. The van der Waals surface area contributed by atoms with E-state index >= 15 is 0 Å². The van der Waals surface area contributed by atoms with Crippen LogP contribution >= 0.6 is 0 Å². The SMILES string of the molecule is CC(O)CCCCCCCC(=O)CC(=O)O. The van der Waals surface area contributed by atoms with Gasteiger partial charge in [0.2, 0.25) is 0 Å². The van der Waals surface area contributed by atoms with Gasteiger partial charge in [0, 0.05) is 6.42 Å². The molecule has 0 heterocycles. The Hall–Kier alpha value is -0.900. The van der Waals surface area contributed by atoms with Gasteiger partial charge in [0.05, 0.1) is 6.10 Å². The zero-order chi connectivity index (χ0) is 12.4.